The Kier molecular flexibility index (Phi) is 3.69. The molecule has 0 aliphatic heterocycles. The molecule has 0 aliphatic rings. The molecule has 4 aromatic rings. The molecule has 0 atom stereocenters. The van der Waals surface area contributed by atoms with Gasteiger partial charge in [0.15, 0.2) is 0 Å². The van der Waals surface area contributed by atoms with Gasteiger partial charge in [0.25, 0.3) is 0 Å². The SMILES string of the molecule is c1ccc2c(CCNc3cccc4ccccc34)cccc2c1. The molecule has 4 rings (SSSR count). The second-order valence-electron chi connectivity index (χ2n) is 5.84. The molecule has 0 bridgehead atoms. The molecular formula is C22H19N. The standard InChI is InChI=1S/C22H19N/c1-3-12-20-17(7-1)9-5-10-19(20)15-16-23-22-14-6-11-18-8-2-4-13-21(18)22/h1-14,23H,15-16H2. The van der Waals surface area contributed by atoms with Crippen LogP contribution in [0.25, 0.3) is 21.5 Å². The normalized spacial score (nSPS) is 11.0. The largest absolute Gasteiger partial charge is 0.384 e. The Morgan fingerprint density at radius 1 is 0.565 bits per heavy atom. The van der Waals surface area contributed by atoms with E-state index in [2.05, 4.69) is 90.2 Å². The predicted molar refractivity (Wildman–Crippen MR) is 100 cm³/mol. The van der Waals surface area contributed by atoms with Gasteiger partial charge in [-0.1, -0.05) is 78.9 Å². The van der Waals surface area contributed by atoms with Crippen LogP contribution in [0.3, 0.4) is 0 Å². The van der Waals surface area contributed by atoms with E-state index < -0.39 is 0 Å². The Morgan fingerprint density at radius 3 is 2.00 bits per heavy atom. The van der Waals surface area contributed by atoms with E-state index in [9.17, 15) is 0 Å². The van der Waals surface area contributed by atoms with Gasteiger partial charge in [-0.05, 0) is 34.2 Å². The van der Waals surface area contributed by atoms with Gasteiger partial charge in [0, 0.05) is 17.6 Å². The predicted octanol–water partition coefficient (Wildman–Crippen LogP) is 5.65. The number of hydrogen-bond donors (Lipinski definition) is 1. The molecule has 1 nitrogen and oxygen atoms in total. The first-order chi connectivity index (χ1) is 11.4. The van der Waals surface area contributed by atoms with Crippen molar-refractivity contribution in [2.24, 2.45) is 0 Å². The van der Waals surface area contributed by atoms with Crippen molar-refractivity contribution in [1.82, 2.24) is 0 Å². The van der Waals surface area contributed by atoms with Crippen LogP contribution in [0.1, 0.15) is 5.56 Å². The Bertz CT molecular complexity index is 866. The summed E-state index contributed by atoms with van der Waals surface area (Å²) in [6, 6.07) is 30.1. The summed E-state index contributed by atoms with van der Waals surface area (Å²) in [4.78, 5) is 0. The number of fused-ring (bicyclic) bond motifs is 2. The van der Waals surface area contributed by atoms with Gasteiger partial charge >= 0.3 is 0 Å². The highest BCUT2D eigenvalue weighted by Gasteiger charge is 2.02. The summed E-state index contributed by atoms with van der Waals surface area (Å²) in [7, 11) is 0. The maximum absolute atomic E-state index is 3.60. The van der Waals surface area contributed by atoms with Crippen molar-refractivity contribution in [2.75, 3.05) is 11.9 Å². The number of anilines is 1. The topological polar surface area (TPSA) is 12.0 Å². The van der Waals surface area contributed by atoms with Crippen LogP contribution in [0.15, 0.2) is 84.9 Å². The summed E-state index contributed by atoms with van der Waals surface area (Å²) >= 11 is 0. The minimum absolute atomic E-state index is 0.933. The molecule has 0 radical (unpaired) electrons. The van der Waals surface area contributed by atoms with E-state index in [1.807, 2.05) is 0 Å². The van der Waals surface area contributed by atoms with E-state index in [-0.39, 0.29) is 0 Å². The summed E-state index contributed by atoms with van der Waals surface area (Å²) in [5.41, 5.74) is 2.61. The first kappa shape index (κ1) is 13.8. The highest BCUT2D eigenvalue weighted by molar-refractivity contribution is 5.93. The second kappa shape index (κ2) is 6.13. The lowest BCUT2D eigenvalue weighted by molar-refractivity contribution is 1.03. The zero-order valence-corrected chi connectivity index (χ0v) is 13.0. The van der Waals surface area contributed by atoms with Gasteiger partial charge < -0.3 is 5.32 Å². The van der Waals surface area contributed by atoms with Gasteiger partial charge in [-0.15, -0.1) is 0 Å². The molecule has 112 valence electrons. The second-order valence-corrected chi connectivity index (χ2v) is 5.84. The molecule has 0 saturated carbocycles. The molecule has 1 N–H and O–H groups in total. The first-order valence-electron chi connectivity index (χ1n) is 8.10. The minimum atomic E-state index is 0.933. The van der Waals surface area contributed by atoms with Crippen molar-refractivity contribution in [3.8, 4) is 0 Å². The van der Waals surface area contributed by atoms with E-state index in [0.29, 0.717) is 0 Å². The average molecular weight is 297 g/mol. The Balaban J connectivity index is 1.55. The molecule has 0 saturated heterocycles. The number of hydrogen-bond acceptors (Lipinski definition) is 1. The molecule has 0 aromatic heterocycles. The summed E-state index contributed by atoms with van der Waals surface area (Å²) < 4.78 is 0. The van der Waals surface area contributed by atoms with Crippen molar-refractivity contribution in [3.05, 3.63) is 90.5 Å². The fourth-order valence-electron chi connectivity index (χ4n) is 3.22. The van der Waals surface area contributed by atoms with E-state index in [1.165, 1.54) is 32.8 Å². The molecule has 23 heavy (non-hydrogen) atoms. The third kappa shape index (κ3) is 2.78. The molecule has 0 aliphatic carbocycles. The van der Waals surface area contributed by atoms with Crippen LogP contribution >= 0.6 is 0 Å². The summed E-state index contributed by atoms with van der Waals surface area (Å²) in [5.74, 6) is 0. The van der Waals surface area contributed by atoms with Gasteiger partial charge in [-0.2, -0.15) is 0 Å². The van der Waals surface area contributed by atoms with E-state index >= 15 is 0 Å². The summed E-state index contributed by atoms with van der Waals surface area (Å²) in [6.07, 6.45) is 1.02. The molecule has 0 spiro atoms. The van der Waals surface area contributed by atoms with Crippen molar-refractivity contribution >= 4 is 27.2 Å². The monoisotopic (exact) mass is 297 g/mol. The smallest absolute Gasteiger partial charge is 0.0419 e. The van der Waals surface area contributed by atoms with E-state index in [0.717, 1.165) is 13.0 Å². The number of benzene rings is 4. The molecule has 4 aromatic carbocycles. The van der Waals surface area contributed by atoms with Crippen LogP contribution in [-0.2, 0) is 6.42 Å². The Hall–Kier alpha value is -2.80. The summed E-state index contributed by atoms with van der Waals surface area (Å²) in [5, 5.41) is 8.84. The number of rotatable bonds is 4. The first-order valence-corrected chi connectivity index (χ1v) is 8.10. The Morgan fingerprint density at radius 2 is 1.17 bits per heavy atom. The van der Waals surface area contributed by atoms with E-state index in [1.54, 1.807) is 0 Å². The highest BCUT2D eigenvalue weighted by atomic mass is 14.9. The molecular weight excluding hydrogens is 278 g/mol. The molecule has 0 unspecified atom stereocenters. The lowest BCUT2D eigenvalue weighted by Gasteiger charge is -2.11. The van der Waals surface area contributed by atoms with Gasteiger partial charge in [-0.3, -0.25) is 0 Å². The van der Waals surface area contributed by atoms with Crippen molar-refractivity contribution < 1.29 is 0 Å². The van der Waals surface area contributed by atoms with Crippen LogP contribution in [0.2, 0.25) is 0 Å². The third-order valence-electron chi connectivity index (χ3n) is 4.38. The lowest BCUT2D eigenvalue weighted by atomic mass is 10.0. The van der Waals surface area contributed by atoms with Crippen molar-refractivity contribution in [1.29, 1.82) is 0 Å². The molecule has 1 heteroatoms. The maximum atomic E-state index is 3.60. The van der Waals surface area contributed by atoms with E-state index in [4.69, 9.17) is 0 Å². The summed E-state index contributed by atoms with van der Waals surface area (Å²) in [6.45, 7) is 0.933. The maximum Gasteiger partial charge on any atom is 0.0419 e. The van der Waals surface area contributed by atoms with Gasteiger partial charge in [0.05, 0.1) is 0 Å². The fourth-order valence-corrected chi connectivity index (χ4v) is 3.22. The number of nitrogens with one attached hydrogen (secondary N) is 1. The van der Waals surface area contributed by atoms with Crippen molar-refractivity contribution in [2.45, 2.75) is 6.42 Å². The molecule has 0 fully saturated rings. The fraction of sp³-hybridized carbons (Fsp3) is 0.0909. The highest BCUT2D eigenvalue weighted by Crippen LogP contribution is 2.23. The average Bonchev–Trinajstić information content (AvgIpc) is 2.62. The zero-order valence-electron chi connectivity index (χ0n) is 13.0. The van der Waals surface area contributed by atoms with Crippen molar-refractivity contribution in [3.63, 3.8) is 0 Å². The quantitative estimate of drug-likeness (QED) is 0.513. The van der Waals surface area contributed by atoms with Gasteiger partial charge in [-0.25, -0.2) is 0 Å². The zero-order chi connectivity index (χ0) is 15.5. The lowest BCUT2D eigenvalue weighted by Crippen LogP contribution is -2.05. The molecule has 0 amide bonds. The minimum Gasteiger partial charge on any atom is -0.384 e. The van der Waals surface area contributed by atoms with Crippen LogP contribution in [0.4, 0.5) is 5.69 Å². The van der Waals surface area contributed by atoms with Crippen LogP contribution < -0.4 is 5.32 Å². The van der Waals surface area contributed by atoms with Crippen LogP contribution in [-0.4, -0.2) is 6.54 Å². The van der Waals surface area contributed by atoms with Gasteiger partial charge in [0.2, 0.25) is 0 Å². The van der Waals surface area contributed by atoms with Crippen LogP contribution in [0, 0.1) is 0 Å². The third-order valence-corrected chi connectivity index (χ3v) is 4.38. The molecule has 0 heterocycles. The Labute approximate surface area is 136 Å². The van der Waals surface area contributed by atoms with Crippen LogP contribution in [0.5, 0.6) is 0 Å². The van der Waals surface area contributed by atoms with Gasteiger partial charge in [0.1, 0.15) is 0 Å².